The zero-order valence-corrected chi connectivity index (χ0v) is 13.4. The van der Waals surface area contributed by atoms with Gasteiger partial charge in [0.2, 0.25) is 0 Å². The molecule has 21 heavy (non-hydrogen) atoms. The quantitative estimate of drug-likeness (QED) is 0.809. The molecule has 0 aromatic heterocycles. The summed E-state index contributed by atoms with van der Waals surface area (Å²) in [6, 6.07) is 5.14. The summed E-state index contributed by atoms with van der Waals surface area (Å²) in [6.45, 7) is 3.68. The number of carbonyl (C=O) groups excluding carboxylic acids is 2. The Labute approximate surface area is 130 Å². The number of benzene rings is 1. The van der Waals surface area contributed by atoms with Crippen molar-refractivity contribution in [2.45, 2.75) is 31.5 Å². The molecule has 2 aliphatic rings. The molecule has 6 heteroatoms. The summed E-state index contributed by atoms with van der Waals surface area (Å²) in [4.78, 5) is 24.7. The lowest BCUT2D eigenvalue weighted by molar-refractivity contribution is -0.171. The summed E-state index contributed by atoms with van der Waals surface area (Å²) in [7, 11) is 0. The standard InChI is InChI=1S/C15H16BrNO4/c1-14(2)6-12(18)10(7-21-14)15(20)9-5-8(16)3-4-11(9)17-13(15)19/h3-5,10,20H,6-7H2,1-2H3,(H,17,19)/t10-,15+/m0/s1. The number of ether oxygens (including phenoxy) is 1. The van der Waals surface area contributed by atoms with Gasteiger partial charge in [0.1, 0.15) is 5.78 Å². The monoisotopic (exact) mass is 353 g/mol. The second-order valence-electron chi connectivity index (χ2n) is 6.18. The fourth-order valence-corrected chi connectivity index (χ4v) is 3.34. The highest BCUT2D eigenvalue weighted by atomic mass is 79.9. The fourth-order valence-electron chi connectivity index (χ4n) is 2.98. The molecule has 1 amide bonds. The SMILES string of the molecule is CC1(C)CC(=O)[C@@H]([C@@]2(O)C(=O)Nc3ccc(Br)cc32)CO1. The number of fused-ring (bicyclic) bond motifs is 1. The first-order valence-electron chi connectivity index (χ1n) is 6.74. The van der Waals surface area contributed by atoms with Gasteiger partial charge >= 0.3 is 0 Å². The summed E-state index contributed by atoms with van der Waals surface area (Å²) >= 11 is 3.33. The van der Waals surface area contributed by atoms with Crippen molar-refractivity contribution >= 4 is 33.3 Å². The van der Waals surface area contributed by atoms with E-state index < -0.39 is 23.0 Å². The van der Waals surface area contributed by atoms with E-state index >= 15 is 0 Å². The van der Waals surface area contributed by atoms with Gasteiger partial charge in [0.15, 0.2) is 5.60 Å². The summed E-state index contributed by atoms with van der Waals surface area (Å²) in [6.07, 6.45) is 0.177. The largest absolute Gasteiger partial charge is 0.375 e. The number of amides is 1. The van der Waals surface area contributed by atoms with E-state index in [2.05, 4.69) is 21.2 Å². The molecule has 1 fully saturated rings. The number of anilines is 1. The van der Waals surface area contributed by atoms with E-state index in [0.717, 1.165) is 4.47 Å². The molecule has 1 aromatic rings. The van der Waals surface area contributed by atoms with Crippen LogP contribution in [0.25, 0.3) is 0 Å². The predicted molar refractivity (Wildman–Crippen MR) is 79.8 cm³/mol. The summed E-state index contributed by atoms with van der Waals surface area (Å²) in [5, 5.41) is 13.6. The van der Waals surface area contributed by atoms with Crippen LogP contribution in [0.15, 0.2) is 22.7 Å². The van der Waals surface area contributed by atoms with Crippen molar-refractivity contribution in [3.05, 3.63) is 28.2 Å². The van der Waals surface area contributed by atoms with Crippen LogP contribution >= 0.6 is 15.9 Å². The highest BCUT2D eigenvalue weighted by Crippen LogP contribution is 2.45. The van der Waals surface area contributed by atoms with Crippen molar-refractivity contribution < 1.29 is 19.4 Å². The Morgan fingerprint density at radius 3 is 2.76 bits per heavy atom. The highest BCUT2D eigenvalue weighted by Gasteiger charge is 2.56. The second-order valence-corrected chi connectivity index (χ2v) is 7.09. The molecule has 112 valence electrons. The van der Waals surface area contributed by atoms with E-state index in [1.54, 1.807) is 18.2 Å². The molecular weight excluding hydrogens is 338 g/mol. The average Bonchev–Trinajstić information content (AvgIpc) is 2.62. The Kier molecular flexibility index (Phi) is 3.24. The fraction of sp³-hybridized carbons (Fsp3) is 0.467. The zero-order valence-electron chi connectivity index (χ0n) is 11.8. The first kappa shape index (κ1) is 14.7. The molecule has 3 rings (SSSR count). The van der Waals surface area contributed by atoms with Crippen LogP contribution in [0.3, 0.4) is 0 Å². The van der Waals surface area contributed by atoms with Crippen LogP contribution in [0.4, 0.5) is 5.69 Å². The van der Waals surface area contributed by atoms with Gasteiger partial charge in [-0.15, -0.1) is 0 Å². The van der Waals surface area contributed by atoms with E-state index in [-0.39, 0.29) is 18.8 Å². The van der Waals surface area contributed by atoms with Crippen molar-refractivity contribution in [1.29, 1.82) is 0 Å². The molecule has 2 N–H and O–H groups in total. The minimum Gasteiger partial charge on any atom is -0.375 e. The van der Waals surface area contributed by atoms with Gasteiger partial charge < -0.3 is 15.2 Å². The lowest BCUT2D eigenvalue weighted by atomic mass is 9.76. The number of rotatable bonds is 1. The van der Waals surface area contributed by atoms with Gasteiger partial charge in [-0.1, -0.05) is 15.9 Å². The Balaban J connectivity index is 2.04. The minimum atomic E-state index is -1.87. The van der Waals surface area contributed by atoms with Crippen LogP contribution in [-0.4, -0.2) is 29.0 Å². The molecule has 1 aromatic carbocycles. The molecule has 2 aliphatic heterocycles. The van der Waals surface area contributed by atoms with Crippen LogP contribution in [0.2, 0.25) is 0 Å². The summed E-state index contributed by atoms with van der Waals surface area (Å²) in [5.41, 5.74) is -1.47. The third kappa shape index (κ3) is 2.22. The first-order chi connectivity index (χ1) is 9.74. The van der Waals surface area contributed by atoms with Gasteiger partial charge in [0.25, 0.3) is 5.91 Å². The number of carbonyl (C=O) groups is 2. The Morgan fingerprint density at radius 2 is 2.10 bits per heavy atom. The van der Waals surface area contributed by atoms with Gasteiger partial charge in [0.05, 0.1) is 18.1 Å². The van der Waals surface area contributed by atoms with Crippen molar-refractivity contribution in [1.82, 2.24) is 0 Å². The normalized spacial score (nSPS) is 31.0. The topological polar surface area (TPSA) is 75.6 Å². The lowest BCUT2D eigenvalue weighted by Crippen LogP contribution is -2.53. The van der Waals surface area contributed by atoms with Crippen molar-refractivity contribution in [3.8, 4) is 0 Å². The first-order valence-corrected chi connectivity index (χ1v) is 7.54. The molecule has 0 bridgehead atoms. The Hall–Kier alpha value is -1.24. The van der Waals surface area contributed by atoms with Crippen LogP contribution < -0.4 is 5.32 Å². The van der Waals surface area contributed by atoms with Gasteiger partial charge in [-0.3, -0.25) is 9.59 Å². The minimum absolute atomic E-state index is 0.0295. The van der Waals surface area contributed by atoms with Gasteiger partial charge in [-0.2, -0.15) is 0 Å². The Morgan fingerprint density at radius 1 is 1.38 bits per heavy atom. The molecular formula is C15H16BrNO4. The van der Waals surface area contributed by atoms with Crippen LogP contribution in [0, 0.1) is 5.92 Å². The number of aliphatic hydroxyl groups is 1. The molecule has 0 aliphatic carbocycles. The van der Waals surface area contributed by atoms with Gasteiger partial charge in [-0.25, -0.2) is 0 Å². The molecule has 2 heterocycles. The zero-order chi connectivity index (χ0) is 15.4. The second kappa shape index (κ2) is 4.63. The van der Waals surface area contributed by atoms with Crippen molar-refractivity contribution in [2.75, 3.05) is 11.9 Å². The predicted octanol–water partition coefficient (Wildman–Crippen LogP) is 1.97. The number of hydrogen-bond donors (Lipinski definition) is 2. The number of halogens is 1. The van der Waals surface area contributed by atoms with Crippen LogP contribution in [0.1, 0.15) is 25.8 Å². The number of ketones is 1. The molecule has 0 saturated carbocycles. The summed E-state index contributed by atoms with van der Waals surface area (Å²) in [5.74, 6) is -1.62. The number of hydrogen-bond acceptors (Lipinski definition) is 4. The number of nitrogens with one attached hydrogen (secondary N) is 1. The molecule has 1 saturated heterocycles. The van der Waals surface area contributed by atoms with Gasteiger partial charge in [-0.05, 0) is 32.0 Å². The van der Waals surface area contributed by atoms with E-state index in [0.29, 0.717) is 11.3 Å². The maximum atomic E-state index is 12.4. The maximum absolute atomic E-state index is 12.4. The molecule has 5 nitrogen and oxygen atoms in total. The average molecular weight is 354 g/mol. The molecule has 2 atom stereocenters. The van der Waals surface area contributed by atoms with Crippen LogP contribution in [-0.2, 0) is 19.9 Å². The third-order valence-corrected chi connectivity index (χ3v) is 4.61. The Bertz CT molecular complexity index is 643. The number of Topliss-reactive ketones (excluding diaryl/α,β-unsaturated/α-hetero) is 1. The summed E-state index contributed by atoms with van der Waals surface area (Å²) < 4.78 is 6.38. The maximum Gasteiger partial charge on any atom is 0.261 e. The third-order valence-electron chi connectivity index (χ3n) is 4.12. The molecule has 0 unspecified atom stereocenters. The van der Waals surface area contributed by atoms with E-state index in [1.807, 2.05) is 13.8 Å². The van der Waals surface area contributed by atoms with Crippen molar-refractivity contribution in [2.24, 2.45) is 5.92 Å². The molecule has 0 spiro atoms. The molecule has 0 radical (unpaired) electrons. The van der Waals surface area contributed by atoms with Gasteiger partial charge in [0, 0.05) is 22.1 Å². The van der Waals surface area contributed by atoms with E-state index in [4.69, 9.17) is 4.74 Å². The lowest BCUT2D eigenvalue weighted by Gasteiger charge is -2.39. The van der Waals surface area contributed by atoms with E-state index in [9.17, 15) is 14.7 Å². The van der Waals surface area contributed by atoms with E-state index in [1.165, 1.54) is 0 Å². The smallest absolute Gasteiger partial charge is 0.261 e. The highest BCUT2D eigenvalue weighted by molar-refractivity contribution is 9.10. The van der Waals surface area contributed by atoms with Crippen molar-refractivity contribution in [3.63, 3.8) is 0 Å². The van der Waals surface area contributed by atoms with Crippen LogP contribution in [0.5, 0.6) is 0 Å².